The molecule has 0 radical (unpaired) electrons. The van der Waals surface area contributed by atoms with Crippen LogP contribution >= 0.6 is 11.3 Å². The van der Waals surface area contributed by atoms with E-state index in [1.807, 2.05) is 13.0 Å². The predicted octanol–water partition coefficient (Wildman–Crippen LogP) is 1.60. The Bertz CT molecular complexity index is 553. The third-order valence-corrected chi connectivity index (χ3v) is 3.18. The number of thiazole rings is 1. The summed E-state index contributed by atoms with van der Waals surface area (Å²) in [4.78, 5) is 20.2. The highest BCUT2D eigenvalue weighted by Gasteiger charge is 2.10. The number of pyridine rings is 1. The van der Waals surface area contributed by atoms with Gasteiger partial charge in [-0.15, -0.1) is 11.3 Å². The molecule has 0 aliphatic heterocycles. The van der Waals surface area contributed by atoms with Crippen molar-refractivity contribution in [1.82, 2.24) is 9.97 Å². The zero-order valence-electron chi connectivity index (χ0n) is 10.0. The third kappa shape index (κ3) is 3.12. The fraction of sp³-hybridized carbons (Fsp3) is 0.250. The number of nitrogens with one attached hydrogen (secondary N) is 1. The Morgan fingerprint density at radius 3 is 3.06 bits per heavy atom. The van der Waals surface area contributed by atoms with Crippen molar-refractivity contribution >= 4 is 22.9 Å². The standard InChI is InChI=1S/C12H14N4OS/c1-8-4-9(6-14-5-8)15-12(17)10-7-18-11(16-10)2-3-13/h4-7H,2-3,13H2,1H3,(H,15,17). The topological polar surface area (TPSA) is 80.9 Å². The predicted molar refractivity (Wildman–Crippen MR) is 71.8 cm³/mol. The van der Waals surface area contributed by atoms with Crippen LogP contribution in [0.5, 0.6) is 0 Å². The minimum Gasteiger partial charge on any atom is -0.330 e. The fourth-order valence-electron chi connectivity index (χ4n) is 1.47. The average Bonchev–Trinajstić information content (AvgIpc) is 2.78. The number of hydrogen-bond acceptors (Lipinski definition) is 5. The molecule has 3 N–H and O–H groups in total. The first-order valence-electron chi connectivity index (χ1n) is 5.56. The Hall–Kier alpha value is -1.79. The van der Waals surface area contributed by atoms with Crippen LogP contribution in [0.3, 0.4) is 0 Å². The van der Waals surface area contributed by atoms with E-state index in [4.69, 9.17) is 5.73 Å². The maximum atomic E-state index is 11.9. The van der Waals surface area contributed by atoms with Crippen molar-refractivity contribution in [3.8, 4) is 0 Å². The Labute approximate surface area is 109 Å². The summed E-state index contributed by atoms with van der Waals surface area (Å²) < 4.78 is 0. The van der Waals surface area contributed by atoms with Crippen LogP contribution in [0.1, 0.15) is 21.1 Å². The molecule has 5 nitrogen and oxygen atoms in total. The second-order valence-electron chi connectivity index (χ2n) is 3.87. The number of aryl methyl sites for hydroxylation is 1. The zero-order chi connectivity index (χ0) is 13.0. The number of nitrogens with two attached hydrogens (primary N) is 1. The van der Waals surface area contributed by atoms with Gasteiger partial charge in [0, 0.05) is 18.0 Å². The maximum Gasteiger partial charge on any atom is 0.275 e. The summed E-state index contributed by atoms with van der Waals surface area (Å²) in [6, 6.07) is 1.86. The molecule has 0 aliphatic rings. The lowest BCUT2D eigenvalue weighted by molar-refractivity contribution is 0.102. The van der Waals surface area contributed by atoms with Crippen molar-refractivity contribution < 1.29 is 4.79 Å². The molecule has 0 aromatic carbocycles. The lowest BCUT2D eigenvalue weighted by Crippen LogP contribution is -2.13. The fourth-order valence-corrected chi connectivity index (χ4v) is 2.27. The zero-order valence-corrected chi connectivity index (χ0v) is 10.8. The van der Waals surface area contributed by atoms with Crippen molar-refractivity contribution in [2.24, 2.45) is 5.73 Å². The van der Waals surface area contributed by atoms with Gasteiger partial charge in [-0.2, -0.15) is 0 Å². The Morgan fingerprint density at radius 2 is 2.33 bits per heavy atom. The smallest absolute Gasteiger partial charge is 0.275 e. The van der Waals surface area contributed by atoms with Crippen LogP contribution < -0.4 is 11.1 Å². The van der Waals surface area contributed by atoms with Gasteiger partial charge in [-0.1, -0.05) is 0 Å². The first-order chi connectivity index (χ1) is 8.69. The monoisotopic (exact) mass is 262 g/mol. The quantitative estimate of drug-likeness (QED) is 0.877. The Morgan fingerprint density at radius 1 is 1.50 bits per heavy atom. The van der Waals surface area contributed by atoms with Crippen molar-refractivity contribution in [1.29, 1.82) is 0 Å². The Kier molecular flexibility index (Phi) is 4.01. The number of nitrogens with zero attached hydrogens (tertiary/aromatic N) is 2. The molecule has 2 aromatic rings. The van der Waals surface area contributed by atoms with Gasteiger partial charge in [0.15, 0.2) is 0 Å². The summed E-state index contributed by atoms with van der Waals surface area (Å²) >= 11 is 1.45. The second-order valence-corrected chi connectivity index (χ2v) is 4.81. The van der Waals surface area contributed by atoms with Gasteiger partial charge in [0.1, 0.15) is 5.69 Å². The van der Waals surface area contributed by atoms with Gasteiger partial charge < -0.3 is 11.1 Å². The molecule has 2 heterocycles. The lowest BCUT2D eigenvalue weighted by Gasteiger charge is -2.02. The second kappa shape index (κ2) is 5.70. The molecule has 0 unspecified atom stereocenters. The van der Waals surface area contributed by atoms with Crippen LogP contribution in [0.15, 0.2) is 23.8 Å². The molecule has 0 fully saturated rings. The van der Waals surface area contributed by atoms with E-state index >= 15 is 0 Å². The van der Waals surface area contributed by atoms with Crippen LogP contribution in [0, 0.1) is 6.92 Å². The molecule has 6 heteroatoms. The van der Waals surface area contributed by atoms with E-state index in [9.17, 15) is 4.79 Å². The van der Waals surface area contributed by atoms with E-state index in [0.717, 1.165) is 10.6 Å². The number of anilines is 1. The van der Waals surface area contributed by atoms with Crippen molar-refractivity contribution in [2.45, 2.75) is 13.3 Å². The van der Waals surface area contributed by atoms with Gasteiger partial charge >= 0.3 is 0 Å². The summed E-state index contributed by atoms with van der Waals surface area (Å²) in [6.45, 7) is 2.46. The molecule has 0 aliphatic carbocycles. The highest BCUT2D eigenvalue weighted by molar-refractivity contribution is 7.09. The van der Waals surface area contributed by atoms with Crippen LogP contribution in [0.2, 0.25) is 0 Å². The van der Waals surface area contributed by atoms with Crippen LogP contribution in [0.4, 0.5) is 5.69 Å². The molecular weight excluding hydrogens is 248 g/mol. The molecule has 18 heavy (non-hydrogen) atoms. The number of aromatic nitrogens is 2. The summed E-state index contributed by atoms with van der Waals surface area (Å²) in [5.41, 5.74) is 7.53. The summed E-state index contributed by atoms with van der Waals surface area (Å²) in [5.74, 6) is -0.220. The van der Waals surface area contributed by atoms with Crippen LogP contribution in [-0.2, 0) is 6.42 Å². The average molecular weight is 262 g/mol. The highest BCUT2D eigenvalue weighted by atomic mass is 32.1. The van der Waals surface area contributed by atoms with Gasteiger partial charge in [0.05, 0.1) is 16.9 Å². The van der Waals surface area contributed by atoms with E-state index in [0.29, 0.717) is 24.3 Å². The van der Waals surface area contributed by atoms with Crippen molar-refractivity contribution in [3.05, 3.63) is 40.1 Å². The summed E-state index contributed by atoms with van der Waals surface area (Å²) in [5, 5.41) is 5.39. The van der Waals surface area contributed by atoms with E-state index < -0.39 is 0 Å². The van der Waals surface area contributed by atoms with Crippen molar-refractivity contribution in [2.75, 3.05) is 11.9 Å². The molecule has 0 saturated carbocycles. The Balaban J connectivity index is 2.07. The van der Waals surface area contributed by atoms with E-state index in [1.165, 1.54) is 11.3 Å². The number of amides is 1. The van der Waals surface area contributed by atoms with Gasteiger partial charge in [-0.3, -0.25) is 9.78 Å². The van der Waals surface area contributed by atoms with Gasteiger partial charge in [0.2, 0.25) is 0 Å². The molecule has 2 aromatic heterocycles. The molecule has 0 saturated heterocycles. The van der Waals surface area contributed by atoms with E-state index in [2.05, 4.69) is 15.3 Å². The van der Waals surface area contributed by atoms with Crippen molar-refractivity contribution in [3.63, 3.8) is 0 Å². The van der Waals surface area contributed by atoms with E-state index in [-0.39, 0.29) is 5.91 Å². The summed E-state index contributed by atoms with van der Waals surface area (Å²) in [6.07, 6.45) is 4.04. The first-order valence-corrected chi connectivity index (χ1v) is 6.44. The third-order valence-electron chi connectivity index (χ3n) is 2.28. The molecule has 0 spiro atoms. The minimum absolute atomic E-state index is 0.220. The maximum absolute atomic E-state index is 11.9. The minimum atomic E-state index is -0.220. The molecular formula is C12H14N4OS. The van der Waals surface area contributed by atoms with Crippen LogP contribution in [-0.4, -0.2) is 22.4 Å². The van der Waals surface area contributed by atoms with Gasteiger partial charge in [-0.05, 0) is 25.1 Å². The number of carbonyl (C=O) groups is 1. The molecule has 0 bridgehead atoms. The molecule has 1 amide bonds. The molecule has 94 valence electrons. The summed E-state index contributed by atoms with van der Waals surface area (Å²) in [7, 11) is 0. The molecule has 2 rings (SSSR count). The van der Waals surface area contributed by atoms with E-state index in [1.54, 1.807) is 17.8 Å². The normalized spacial score (nSPS) is 10.3. The van der Waals surface area contributed by atoms with Gasteiger partial charge in [-0.25, -0.2) is 4.98 Å². The SMILES string of the molecule is Cc1cncc(NC(=O)c2csc(CCN)n2)c1. The largest absolute Gasteiger partial charge is 0.330 e. The number of rotatable bonds is 4. The molecule has 0 atom stereocenters. The number of carbonyl (C=O) groups excluding carboxylic acids is 1. The van der Waals surface area contributed by atoms with Gasteiger partial charge in [0.25, 0.3) is 5.91 Å². The highest BCUT2D eigenvalue weighted by Crippen LogP contribution is 2.13. The number of hydrogen-bond donors (Lipinski definition) is 2. The lowest BCUT2D eigenvalue weighted by atomic mass is 10.3. The first kappa shape index (κ1) is 12.7. The van der Waals surface area contributed by atoms with Crippen LogP contribution in [0.25, 0.3) is 0 Å².